The predicted octanol–water partition coefficient (Wildman–Crippen LogP) is 0.364. The molecule has 1 fully saturated rings. The summed E-state index contributed by atoms with van der Waals surface area (Å²) in [7, 11) is 0. The third-order valence-corrected chi connectivity index (χ3v) is 4.09. The number of anilines is 1. The number of nitrogens with two attached hydrogens (primary N) is 1. The van der Waals surface area contributed by atoms with E-state index in [0.29, 0.717) is 38.9 Å². The smallest absolute Gasteiger partial charge is 0.224 e. The maximum absolute atomic E-state index is 12.2. The summed E-state index contributed by atoms with van der Waals surface area (Å²) in [5, 5.41) is 2.78. The minimum absolute atomic E-state index is 0.0211. The average molecular weight is 333 g/mol. The molecule has 1 saturated heterocycles. The lowest BCUT2D eigenvalue weighted by Crippen LogP contribution is -2.49. The number of nitrogens with one attached hydrogen (secondary N) is 1. The first-order valence-electron chi connectivity index (χ1n) is 8.52. The van der Waals surface area contributed by atoms with Crippen LogP contribution in [0.4, 0.5) is 5.82 Å². The molecule has 0 aromatic carbocycles. The molecule has 0 radical (unpaired) electrons. The molecule has 1 aromatic heterocycles. The molecule has 0 saturated carbocycles. The molecule has 1 aliphatic heterocycles. The molecule has 0 aliphatic carbocycles. The van der Waals surface area contributed by atoms with Gasteiger partial charge >= 0.3 is 0 Å². The molecule has 0 spiro atoms. The van der Waals surface area contributed by atoms with Gasteiger partial charge in [0.25, 0.3) is 0 Å². The van der Waals surface area contributed by atoms with Gasteiger partial charge in [0.05, 0.1) is 0 Å². The number of piperazine rings is 1. The molecule has 7 nitrogen and oxygen atoms in total. The molecule has 24 heavy (non-hydrogen) atoms. The Kier molecular flexibility index (Phi) is 6.99. The van der Waals surface area contributed by atoms with Gasteiger partial charge < -0.3 is 20.9 Å². The zero-order valence-electron chi connectivity index (χ0n) is 14.3. The third kappa shape index (κ3) is 5.81. The molecule has 1 aromatic rings. The van der Waals surface area contributed by atoms with Crippen molar-refractivity contribution in [2.75, 3.05) is 37.6 Å². The normalized spacial score (nSPS) is 15.9. The van der Waals surface area contributed by atoms with Gasteiger partial charge in [-0.2, -0.15) is 0 Å². The number of amides is 2. The van der Waals surface area contributed by atoms with Crippen LogP contribution in [-0.2, 0) is 9.59 Å². The van der Waals surface area contributed by atoms with Crippen LogP contribution in [0.15, 0.2) is 24.4 Å². The summed E-state index contributed by atoms with van der Waals surface area (Å²) in [4.78, 5) is 32.2. The fourth-order valence-electron chi connectivity index (χ4n) is 2.64. The molecule has 2 heterocycles. The van der Waals surface area contributed by atoms with Crippen LogP contribution in [0, 0.1) is 0 Å². The Morgan fingerprint density at radius 2 is 2.00 bits per heavy atom. The van der Waals surface area contributed by atoms with Crippen molar-refractivity contribution >= 4 is 17.6 Å². The molecule has 1 atom stereocenters. The van der Waals surface area contributed by atoms with Crippen molar-refractivity contribution in [1.29, 1.82) is 0 Å². The van der Waals surface area contributed by atoms with E-state index in [1.165, 1.54) is 0 Å². The summed E-state index contributed by atoms with van der Waals surface area (Å²) in [6, 6.07) is 5.86. The van der Waals surface area contributed by atoms with Crippen LogP contribution in [0.5, 0.6) is 0 Å². The number of rotatable bonds is 7. The van der Waals surface area contributed by atoms with Crippen LogP contribution in [0.1, 0.15) is 26.2 Å². The first-order chi connectivity index (χ1) is 11.6. The first kappa shape index (κ1) is 18.2. The van der Waals surface area contributed by atoms with E-state index in [1.807, 2.05) is 30.0 Å². The summed E-state index contributed by atoms with van der Waals surface area (Å²) in [5.74, 6) is 0.995. The van der Waals surface area contributed by atoms with E-state index >= 15 is 0 Å². The van der Waals surface area contributed by atoms with Crippen LogP contribution in [0.25, 0.3) is 0 Å². The molecule has 1 unspecified atom stereocenters. The van der Waals surface area contributed by atoms with Crippen molar-refractivity contribution in [2.24, 2.45) is 5.73 Å². The van der Waals surface area contributed by atoms with E-state index in [0.717, 1.165) is 18.9 Å². The molecule has 2 rings (SSSR count). The SMILES string of the molecule is CC(N)CCC(=O)NCCC(=O)N1CCN(c2ccccn2)CC1. The first-order valence-corrected chi connectivity index (χ1v) is 8.52. The van der Waals surface area contributed by atoms with Gasteiger partial charge in [0.15, 0.2) is 0 Å². The zero-order valence-corrected chi connectivity index (χ0v) is 14.3. The van der Waals surface area contributed by atoms with E-state index < -0.39 is 0 Å². The third-order valence-electron chi connectivity index (χ3n) is 4.09. The fraction of sp³-hybridized carbons (Fsp3) is 0.588. The van der Waals surface area contributed by atoms with Crippen molar-refractivity contribution in [2.45, 2.75) is 32.2 Å². The number of nitrogens with zero attached hydrogens (tertiary/aromatic N) is 3. The number of pyridine rings is 1. The molecular formula is C17H27N5O2. The number of hydrogen-bond acceptors (Lipinski definition) is 5. The van der Waals surface area contributed by atoms with E-state index in [4.69, 9.17) is 5.73 Å². The quantitative estimate of drug-likeness (QED) is 0.752. The fourth-order valence-corrected chi connectivity index (χ4v) is 2.64. The van der Waals surface area contributed by atoms with Gasteiger partial charge in [-0.1, -0.05) is 6.07 Å². The molecular weight excluding hydrogens is 306 g/mol. The summed E-state index contributed by atoms with van der Waals surface area (Å²) < 4.78 is 0. The lowest BCUT2D eigenvalue weighted by molar-refractivity contribution is -0.131. The van der Waals surface area contributed by atoms with E-state index in [2.05, 4.69) is 15.2 Å². The highest BCUT2D eigenvalue weighted by atomic mass is 16.2. The Morgan fingerprint density at radius 1 is 1.25 bits per heavy atom. The van der Waals surface area contributed by atoms with Gasteiger partial charge in [-0.15, -0.1) is 0 Å². The van der Waals surface area contributed by atoms with Crippen molar-refractivity contribution in [3.63, 3.8) is 0 Å². The van der Waals surface area contributed by atoms with Crippen molar-refractivity contribution < 1.29 is 9.59 Å². The van der Waals surface area contributed by atoms with Crippen LogP contribution >= 0.6 is 0 Å². The van der Waals surface area contributed by atoms with Crippen LogP contribution in [0.2, 0.25) is 0 Å². The van der Waals surface area contributed by atoms with Crippen LogP contribution in [0.3, 0.4) is 0 Å². The minimum Gasteiger partial charge on any atom is -0.356 e. The second-order valence-electron chi connectivity index (χ2n) is 6.17. The van der Waals surface area contributed by atoms with Gasteiger partial charge in [-0.3, -0.25) is 9.59 Å². The standard InChI is InChI=1S/C17H27N5O2/c1-14(18)5-6-16(23)20-9-7-17(24)22-12-10-21(11-13-22)15-4-2-3-8-19-15/h2-4,8,14H,5-7,9-13,18H2,1H3,(H,20,23). The highest BCUT2D eigenvalue weighted by molar-refractivity contribution is 5.79. The van der Waals surface area contributed by atoms with Gasteiger partial charge in [-0.05, 0) is 25.5 Å². The molecule has 0 bridgehead atoms. The molecule has 7 heteroatoms. The Balaban J connectivity index is 1.65. The summed E-state index contributed by atoms with van der Waals surface area (Å²) >= 11 is 0. The summed E-state index contributed by atoms with van der Waals surface area (Å²) in [6.45, 7) is 5.20. The Bertz CT molecular complexity index is 527. The second-order valence-corrected chi connectivity index (χ2v) is 6.17. The van der Waals surface area contributed by atoms with E-state index in [-0.39, 0.29) is 17.9 Å². The van der Waals surface area contributed by atoms with E-state index in [1.54, 1.807) is 6.20 Å². The van der Waals surface area contributed by atoms with Crippen LogP contribution in [-0.4, -0.2) is 60.5 Å². The molecule has 2 amide bonds. The van der Waals surface area contributed by atoms with Gasteiger partial charge in [0.1, 0.15) is 5.82 Å². The number of carbonyl (C=O) groups excluding carboxylic acids is 2. The molecule has 1 aliphatic rings. The lowest BCUT2D eigenvalue weighted by atomic mass is 10.2. The minimum atomic E-state index is -0.0416. The van der Waals surface area contributed by atoms with Gasteiger partial charge in [-0.25, -0.2) is 4.98 Å². The lowest BCUT2D eigenvalue weighted by Gasteiger charge is -2.35. The van der Waals surface area contributed by atoms with Crippen molar-refractivity contribution in [3.8, 4) is 0 Å². The average Bonchev–Trinajstić information content (AvgIpc) is 2.61. The number of hydrogen-bond donors (Lipinski definition) is 2. The Hall–Kier alpha value is -2.15. The number of aromatic nitrogens is 1. The van der Waals surface area contributed by atoms with Crippen molar-refractivity contribution in [1.82, 2.24) is 15.2 Å². The van der Waals surface area contributed by atoms with Crippen molar-refractivity contribution in [3.05, 3.63) is 24.4 Å². The maximum Gasteiger partial charge on any atom is 0.224 e. The highest BCUT2D eigenvalue weighted by Gasteiger charge is 2.21. The molecule has 132 valence electrons. The summed E-state index contributed by atoms with van der Waals surface area (Å²) in [5.41, 5.74) is 5.62. The summed E-state index contributed by atoms with van der Waals surface area (Å²) in [6.07, 6.45) is 3.19. The monoisotopic (exact) mass is 333 g/mol. The topological polar surface area (TPSA) is 91.6 Å². The predicted molar refractivity (Wildman–Crippen MR) is 93.5 cm³/mol. The largest absolute Gasteiger partial charge is 0.356 e. The van der Waals surface area contributed by atoms with E-state index in [9.17, 15) is 9.59 Å². The van der Waals surface area contributed by atoms with Gasteiger partial charge in [0, 0.05) is 57.8 Å². The Labute approximate surface area is 143 Å². The maximum atomic E-state index is 12.2. The highest BCUT2D eigenvalue weighted by Crippen LogP contribution is 2.12. The Morgan fingerprint density at radius 3 is 2.62 bits per heavy atom. The zero-order chi connectivity index (χ0) is 17.4. The van der Waals surface area contributed by atoms with Crippen LogP contribution < -0.4 is 16.0 Å². The molecule has 3 N–H and O–H groups in total. The van der Waals surface area contributed by atoms with Gasteiger partial charge in [0.2, 0.25) is 11.8 Å². The second kappa shape index (κ2) is 9.22. The number of carbonyl (C=O) groups is 2.